The summed E-state index contributed by atoms with van der Waals surface area (Å²) in [4.78, 5) is 0. The molecular formula is H63NO30. The SMILES string of the molecule is N.O.O.O.O.O.O.O.O.O.O.O.O.O.O.O.O.O.O.O.O.O.O.O.O.O.O.O.O.O.O. The third-order valence-electron chi connectivity index (χ3n) is 0. The molecular weight excluding hydrogens is 494 g/mol. The van der Waals surface area contributed by atoms with Gasteiger partial charge in [-0.2, -0.15) is 0 Å². The van der Waals surface area contributed by atoms with Gasteiger partial charge in [-0.05, 0) is 0 Å². The van der Waals surface area contributed by atoms with Crippen LogP contribution in [0, 0.1) is 0 Å². The van der Waals surface area contributed by atoms with Crippen molar-refractivity contribution in [1.29, 1.82) is 0 Å². The maximum Gasteiger partial charge on any atom is -0.344 e. The van der Waals surface area contributed by atoms with Crippen LogP contribution >= 0.6 is 0 Å². The topological polar surface area (TPSA) is 980 Å². The Morgan fingerprint density at radius 2 is 0.0645 bits per heavy atom. The Morgan fingerprint density at radius 1 is 0.0645 bits per heavy atom. The molecule has 31 heteroatoms. The lowest BCUT2D eigenvalue weighted by Crippen LogP contribution is -0.481. The van der Waals surface area contributed by atoms with Crippen LogP contribution in [0.5, 0.6) is 0 Å². The third-order valence-corrected chi connectivity index (χ3v) is 0. The van der Waals surface area contributed by atoms with Crippen LogP contribution in [0.15, 0.2) is 0 Å². The highest BCUT2D eigenvalue weighted by Crippen LogP contribution is -0.260. The molecule has 0 unspecified atom stereocenters. The van der Waals surface area contributed by atoms with Crippen LogP contribution in [0.2, 0.25) is 0 Å². The van der Waals surface area contributed by atoms with Gasteiger partial charge in [0, 0.05) is 0 Å². The molecule has 31 heavy (non-hydrogen) atoms. The van der Waals surface area contributed by atoms with Gasteiger partial charge in [0.2, 0.25) is 0 Å². The molecule has 31 nitrogen and oxygen atoms in total. The Labute approximate surface area is 172 Å². The van der Waals surface area contributed by atoms with E-state index in [0.29, 0.717) is 0 Å². The quantitative estimate of drug-likeness (QED) is 0.298. The Hall–Kier alpha value is -1.24. The van der Waals surface area contributed by atoms with E-state index in [4.69, 9.17) is 0 Å². The Balaban J connectivity index is 0. The molecule has 0 aliphatic heterocycles. The largest absolute Gasteiger partial charge is 0.412 e. The first-order valence-electron chi connectivity index (χ1n) is 0. The molecule has 0 spiro atoms. The fraction of sp³-hybridized carbons (Fsp3) is 0. The molecule has 0 aromatic carbocycles. The Kier molecular flexibility index (Phi) is 7440000. The molecule has 0 atom stereocenters. The summed E-state index contributed by atoms with van der Waals surface area (Å²) < 4.78 is 0. The molecule has 0 radical (unpaired) electrons. The second-order valence-corrected chi connectivity index (χ2v) is 0. The smallest absolute Gasteiger partial charge is 0.344 e. The number of hydrogen-bond donors (Lipinski definition) is 1. The predicted molar refractivity (Wildman–Crippen MR) is 113 cm³/mol. The van der Waals surface area contributed by atoms with Gasteiger partial charge in [0.15, 0.2) is 0 Å². The van der Waals surface area contributed by atoms with E-state index >= 15 is 0 Å². The molecule has 0 fully saturated rings. The van der Waals surface area contributed by atoms with Gasteiger partial charge in [0.1, 0.15) is 0 Å². The average molecular weight is 557 g/mol. The molecule has 0 amide bonds. The maximum atomic E-state index is 0. The lowest BCUT2D eigenvalue weighted by atomic mass is 14.0. The summed E-state index contributed by atoms with van der Waals surface area (Å²) in [5.74, 6) is 0. The lowest BCUT2D eigenvalue weighted by molar-refractivity contribution is 0.823. The molecule has 63 N–H and O–H groups in total. The zero-order valence-corrected chi connectivity index (χ0v) is 15.7. The van der Waals surface area contributed by atoms with Crippen LogP contribution in [0.3, 0.4) is 0 Å². The minimum atomic E-state index is 0. The van der Waals surface area contributed by atoms with Crippen molar-refractivity contribution in [3.63, 3.8) is 0 Å². The number of hydrogen-bond acceptors (Lipinski definition) is 1. The van der Waals surface area contributed by atoms with Crippen molar-refractivity contribution in [3.8, 4) is 0 Å². The van der Waals surface area contributed by atoms with E-state index in [1.807, 2.05) is 0 Å². The molecule has 0 rings (SSSR count). The van der Waals surface area contributed by atoms with E-state index in [0.717, 1.165) is 0 Å². The fourth-order valence-corrected chi connectivity index (χ4v) is 0. The normalized spacial score (nSPS) is 0. The summed E-state index contributed by atoms with van der Waals surface area (Å²) in [6.45, 7) is 0. The summed E-state index contributed by atoms with van der Waals surface area (Å²) in [5, 5.41) is 0. The lowest BCUT2D eigenvalue weighted by Gasteiger charge is -0.413. The van der Waals surface area contributed by atoms with E-state index in [1.165, 1.54) is 0 Å². The molecule has 0 heterocycles. The van der Waals surface area contributed by atoms with Gasteiger partial charge in [-0.25, -0.2) is 0 Å². The first kappa shape index (κ1) is 16000. The fourth-order valence-electron chi connectivity index (χ4n) is 0. The van der Waals surface area contributed by atoms with Crippen molar-refractivity contribution >= 4 is 0 Å². The van der Waals surface area contributed by atoms with Gasteiger partial charge in [-0.3, -0.25) is 0 Å². The number of rotatable bonds is 0. The van der Waals surface area contributed by atoms with Crippen molar-refractivity contribution < 1.29 is 164 Å². The van der Waals surface area contributed by atoms with Crippen molar-refractivity contribution in [1.82, 2.24) is 6.15 Å². The zero-order chi connectivity index (χ0) is 0. The van der Waals surface area contributed by atoms with E-state index in [-0.39, 0.29) is 170 Å². The highest BCUT2D eigenvalue weighted by Gasteiger charge is -0.343. The van der Waals surface area contributed by atoms with E-state index in [9.17, 15) is 0 Å². The van der Waals surface area contributed by atoms with Crippen LogP contribution in [-0.2, 0) is 0 Å². The Morgan fingerprint density at radius 3 is 0.0645 bits per heavy atom. The summed E-state index contributed by atoms with van der Waals surface area (Å²) in [7, 11) is 0. The van der Waals surface area contributed by atoms with Gasteiger partial charge in [-0.1, -0.05) is 0 Å². The molecule has 0 bridgehead atoms. The first-order valence-corrected chi connectivity index (χ1v) is 0. The van der Waals surface area contributed by atoms with Crippen LogP contribution in [-0.4, -0.2) is 164 Å². The molecule has 0 aromatic rings. The Bertz CT molecular complexity index is 6.37. The first-order chi connectivity index (χ1) is 0. The van der Waals surface area contributed by atoms with Gasteiger partial charge in [-0.15, -0.1) is 0 Å². The molecule has 0 aliphatic rings. The van der Waals surface area contributed by atoms with Crippen LogP contribution < -0.4 is 6.15 Å². The zero-order valence-electron chi connectivity index (χ0n) is 15.7. The van der Waals surface area contributed by atoms with Crippen molar-refractivity contribution in [3.05, 3.63) is 0 Å². The molecule has 0 aromatic heterocycles. The molecule has 0 aliphatic carbocycles. The summed E-state index contributed by atoms with van der Waals surface area (Å²) in [6, 6.07) is 0. The third kappa shape index (κ3) is 13400. The second kappa shape index (κ2) is 14400. The highest BCUT2D eigenvalue weighted by atomic mass is 16.0. The van der Waals surface area contributed by atoms with Gasteiger partial charge < -0.3 is 170 Å². The molecule has 0 saturated carbocycles. The van der Waals surface area contributed by atoms with Crippen molar-refractivity contribution in [2.45, 2.75) is 0 Å². The van der Waals surface area contributed by atoms with E-state index in [2.05, 4.69) is 0 Å². The van der Waals surface area contributed by atoms with Crippen LogP contribution in [0.25, 0.3) is 0 Å². The van der Waals surface area contributed by atoms with Gasteiger partial charge in [0.25, 0.3) is 0 Å². The van der Waals surface area contributed by atoms with Gasteiger partial charge in [0.05, 0.1) is 0 Å². The second-order valence-electron chi connectivity index (χ2n) is 0. The van der Waals surface area contributed by atoms with Gasteiger partial charge >= 0.3 is 0 Å². The van der Waals surface area contributed by atoms with Crippen LogP contribution in [0.1, 0.15) is 0 Å². The van der Waals surface area contributed by atoms with Crippen molar-refractivity contribution in [2.24, 2.45) is 0 Å². The predicted octanol–water partition coefficient (Wildman–Crippen LogP) is -24.6. The monoisotopic (exact) mass is 557 g/mol. The summed E-state index contributed by atoms with van der Waals surface area (Å²) in [5.41, 5.74) is 0. The van der Waals surface area contributed by atoms with E-state index < -0.39 is 0 Å². The van der Waals surface area contributed by atoms with E-state index in [1.54, 1.807) is 0 Å². The highest BCUT2D eigenvalue weighted by molar-refractivity contribution is 2.13. The summed E-state index contributed by atoms with van der Waals surface area (Å²) in [6.07, 6.45) is 0. The maximum absolute atomic E-state index is 0. The van der Waals surface area contributed by atoms with Crippen LogP contribution in [0.4, 0.5) is 0 Å². The van der Waals surface area contributed by atoms with Crippen molar-refractivity contribution in [2.75, 3.05) is 0 Å². The molecule has 248 valence electrons. The minimum Gasteiger partial charge on any atom is -0.412 e. The summed E-state index contributed by atoms with van der Waals surface area (Å²) >= 11 is 0. The minimum absolute atomic E-state index is 0. The standard InChI is InChI=1S/H3N.30H2O/h1H3;30*1H2. The molecule has 0 saturated heterocycles. The average Bonchev–Trinajstić information content (AvgIpc) is 0.